The van der Waals surface area contributed by atoms with Gasteiger partial charge in [-0.1, -0.05) is 0 Å². The number of nitrogens with two attached hydrogens (primary N) is 1. The minimum atomic E-state index is -0.500. The lowest BCUT2D eigenvalue weighted by atomic mass is 10.2. The monoisotopic (exact) mass is 238 g/mol. The van der Waals surface area contributed by atoms with E-state index in [1.54, 1.807) is 39.1 Å². The van der Waals surface area contributed by atoms with Crippen molar-refractivity contribution in [3.63, 3.8) is 0 Å². The van der Waals surface area contributed by atoms with Gasteiger partial charge in [0.1, 0.15) is 5.69 Å². The molecule has 6 nitrogen and oxygen atoms in total. The van der Waals surface area contributed by atoms with Gasteiger partial charge in [0.15, 0.2) is 5.82 Å². The number of rotatable bonds is 1. The van der Waals surface area contributed by atoms with Crippen LogP contribution in [-0.2, 0) is 4.79 Å². The summed E-state index contributed by atoms with van der Waals surface area (Å²) < 4.78 is 0. The van der Waals surface area contributed by atoms with E-state index in [2.05, 4.69) is 15.2 Å². The van der Waals surface area contributed by atoms with Crippen LogP contribution in [0.5, 0.6) is 0 Å². The number of pyridine rings is 1. The molecule has 0 saturated carbocycles. The molecule has 0 aromatic carbocycles. The summed E-state index contributed by atoms with van der Waals surface area (Å²) in [6, 6.07) is 3.31. The van der Waals surface area contributed by atoms with Gasteiger partial charge in [-0.3, -0.25) is 4.79 Å². The van der Waals surface area contributed by atoms with Crippen molar-refractivity contribution in [3.8, 4) is 0 Å². The number of hydrogen-bond donors (Lipinski definition) is 2. The Hall–Kier alpha value is -1.82. The van der Waals surface area contributed by atoms with Crippen LogP contribution in [0.2, 0.25) is 0 Å². The van der Waals surface area contributed by atoms with Gasteiger partial charge in [-0.15, -0.1) is 10.2 Å². The van der Waals surface area contributed by atoms with Crippen LogP contribution in [0.1, 0.15) is 27.7 Å². The van der Waals surface area contributed by atoms with Gasteiger partial charge in [-0.05, 0) is 32.9 Å². The number of azo groups is 1. The molecule has 0 radical (unpaired) electrons. The summed E-state index contributed by atoms with van der Waals surface area (Å²) in [4.78, 5) is 14.2. The van der Waals surface area contributed by atoms with Crippen LogP contribution in [0.4, 0.5) is 11.5 Å². The number of nitrogens with zero attached hydrogens (tertiary/aromatic N) is 3. The van der Waals surface area contributed by atoms with E-state index < -0.39 is 5.60 Å². The Labute approximate surface area is 101 Å². The van der Waals surface area contributed by atoms with Crippen molar-refractivity contribution in [1.29, 1.82) is 0 Å². The zero-order valence-electron chi connectivity index (χ0n) is 10.5. The Kier molecular flexibility index (Phi) is 5.98. The molecule has 94 valence electrons. The molecule has 0 aliphatic heterocycles. The molecule has 1 heterocycles. The molecule has 0 saturated heterocycles. The highest BCUT2D eigenvalue weighted by Crippen LogP contribution is 2.17. The number of aromatic nitrogens is 1. The van der Waals surface area contributed by atoms with E-state index in [0.717, 1.165) is 0 Å². The van der Waals surface area contributed by atoms with Crippen LogP contribution < -0.4 is 5.73 Å². The third-order valence-corrected chi connectivity index (χ3v) is 1.11. The molecule has 0 atom stereocenters. The van der Waals surface area contributed by atoms with Gasteiger partial charge in [0.2, 0.25) is 0 Å². The largest absolute Gasteiger partial charge is 0.391 e. The lowest BCUT2D eigenvalue weighted by Crippen LogP contribution is -2.10. The van der Waals surface area contributed by atoms with E-state index in [-0.39, 0.29) is 11.7 Å². The Balaban J connectivity index is 0.000000437. The van der Waals surface area contributed by atoms with Gasteiger partial charge < -0.3 is 10.8 Å². The summed E-state index contributed by atoms with van der Waals surface area (Å²) in [6.45, 7) is 6.54. The third-order valence-electron chi connectivity index (χ3n) is 1.11. The van der Waals surface area contributed by atoms with Crippen molar-refractivity contribution >= 4 is 17.4 Å². The second-order valence-electron chi connectivity index (χ2n) is 4.30. The standard InChI is InChI=1S/C7H8N4O.C4H10O/c1-5(12)10-11-6-3-2-4-9-7(6)8;1-4(2,3)5/h2-4H,1H3,(H2,8,9);5H,1-3H3. The van der Waals surface area contributed by atoms with E-state index in [4.69, 9.17) is 10.8 Å². The van der Waals surface area contributed by atoms with E-state index in [9.17, 15) is 4.79 Å². The van der Waals surface area contributed by atoms with Gasteiger partial charge in [-0.2, -0.15) is 0 Å². The molecular formula is C11H18N4O2. The quantitative estimate of drug-likeness (QED) is 0.731. The van der Waals surface area contributed by atoms with Crippen LogP contribution in [0, 0.1) is 0 Å². The summed E-state index contributed by atoms with van der Waals surface area (Å²) in [5.41, 5.74) is 5.34. The molecule has 0 aliphatic rings. The molecule has 6 heteroatoms. The zero-order chi connectivity index (χ0) is 13.5. The minimum absolute atomic E-state index is 0.266. The zero-order valence-corrected chi connectivity index (χ0v) is 10.5. The molecule has 1 amide bonds. The number of nitrogen functional groups attached to an aromatic ring is 1. The van der Waals surface area contributed by atoms with Crippen LogP contribution >= 0.6 is 0 Å². The summed E-state index contributed by atoms with van der Waals surface area (Å²) in [6.07, 6.45) is 1.54. The summed E-state index contributed by atoms with van der Waals surface area (Å²) in [5, 5.41) is 15.4. The molecule has 1 rings (SSSR count). The average Bonchev–Trinajstić information content (AvgIpc) is 2.13. The fourth-order valence-electron chi connectivity index (χ4n) is 0.618. The van der Waals surface area contributed by atoms with Gasteiger partial charge in [0.05, 0.1) is 5.60 Å². The van der Waals surface area contributed by atoms with Gasteiger partial charge in [0, 0.05) is 13.1 Å². The number of aliphatic hydroxyl groups is 1. The minimum Gasteiger partial charge on any atom is -0.391 e. The SMILES string of the molecule is CC(=O)N=Nc1cccnc1N.CC(C)(C)O. The van der Waals surface area contributed by atoms with Crippen LogP contribution in [0.15, 0.2) is 28.6 Å². The highest BCUT2D eigenvalue weighted by atomic mass is 16.3. The Morgan fingerprint density at radius 3 is 2.41 bits per heavy atom. The maximum atomic E-state index is 10.4. The lowest BCUT2D eigenvalue weighted by Gasteiger charge is -2.04. The highest BCUT2D eigenvalue weighted by molar-refractivity contribution is 5.73. The van der Waals surface area contributed by atoms with Crippen molar-refractivity contribution in [2.24, 2.45) is 10.2 Å². The van der Waals surface area contributed by atoms with Crippen molar-refractivity contribution in [2.75, 3.05) is 5.73 Å². The first-order valence-corrected chi connectivity index (χ1v) is 5.05. The second kappa shape index (κ2) is 6.70. The number of carbonyl (C=O) groups is 1. The normalized spacial score (nSPS) is 10.9. The molecule has 1 aromatic heterocycles. The van der Waals surface area contributed by atoms with E-state index in [1.807, 2.05) is 0 Å². The van der Waals surface area contributed by atoms with Crippen molar-refractivity contribution in [1.82, 2.24) is 4.98 Å². The van der Waals surface area contributed by atoms with Crippen LogP contribution in [0.25, 0.3) is 0 Å². The first-order valence-electron chi connectivity index (χ1n) is 5.05. The van der Waals surface area contributed by atoms with Crippen molar-refractivity contribution < 1.29 is 9.90 Å². The number of amides is 1. The van der Waals surface area contributed by atoms with Gasteiger partial charge in [-0.25, -0.2) is 4.98 Å². The first kappa shape index (κ1) is 15.2. The second-order valence-corrected chi connectivity index (χ2v) is 4.30. The fraction of sp³-hybridized carbons (Fsp3) is 0.455. The molecule has 3 N–H and O–H groups in total. The predicted molar refractivity (Wildman–Crippen MR) is 65.8 cm³/mol. The molecule has 0 spiro atoms. The molecule has 0 unspecified atom stereocenters. The summed E-state index contributed by atoms with van der Waals surface area (Å²) >= 11 is 0. The van der Waals surface area contributed by atoms with Crippen LogP contribution in [-0.4, -0.2) is 21.6 Å². The summed E-state index contributed by atoms with van der Waals surface area (Å²) in [7, 11) is 0. The average molecular weight is 238 g/mol. The van der Waals surface area contributed by atoms with Crippen molar-refractivity contribution in [2.45, 2.75) is 33.3 Å². The van der Waals surface area contributed by atoms with Crippen LogP contribution in [0.3, 0.4) is 0 Å². The molecule has 0 bridgehead atoms. The van der Waals surface area contributed by atoms with E-state index in [1.165, 1.54) is 6.92 Å². The van der Waals surface area contributed by atoms with E-state index >= 15 is 0 Å². The highest BCUT2D eigenvalue weighted by Gasteiger charge is 1.98. The number of anilines is 1. The maximum Gasteiger partial charge on any atom is 0.261 e. The Bertz CT molecular complexity index is 391. The molecule has 0 aliphatic carbocycles. The van der Waals surface area contributed by atoms with Crippen molar-refractivity contribution in [3.05, 3.63) is 18.3 Å². The topological polar surface area (TPSA) is 101 Å². The van der Waals surface area contributed by atoms with Gasteiger partial charge in [0.25, 0.3) is 5.91 Å². The fourth-order valence-corrected chi connectivity index (χ4v) is 0.618. The maximum absolute atomic E-state index is 10.4. The molecular weight excluding hydrogens is 220 g/mol. The molecule has 17 heavy (non-hydrogen) atoms. The molecule has 0 fully saturated rings. The predicted octanol–water partition coefficient (Wildman–Crippen LogP) is 2.07. The van der Waals surface area contributed by atoms with Gasteiger partial charge >= 0.3 is 0 Å². The number of hydrogen-bond acceptors (Lipinski definition) is 5. The number of carbonyl (C=O) groups excluding carboxylic acids is 1. The first-order chi connectivity index (χ1) is 7.70. The Morgan fingerprint density at radius 2 is 2.00 bits per heavy atom. The third kappa shape index (κ3) is 10.5. The smallest absolute Gasteiger partial charge is 0.261 e. The Morgan fingerprint density at radius 1 is 1.47 bits per heavy atom. The lowest BCUT2D eigenvalue weighted by molar-refractivity contribution is -0.116. The molecule has 1 aromatic rings. The summed E-state index contributed by atoms with van der Waals surface area (Å²) in [5.74, 6) is -0.0965. The van der Waals surface area contributed by atoms with E-state index in [0.29, 0.717) is 5.69 Å².